The quantitative estimate of drug-likeness (QED) is 0.596. The molecule has 0 radical (unpaired) electrons. The number of aliphatic hydroxyl groups excluding tert-OH is 1. The van der Waals surface area contributed by atoms with Gasteiger partial charge in [0.05, 0.1) is 6.61 Å². The minimum atomic E-state index is 0.0372. The Kier molecular flexibility index (Phi) is 13.2. The van der Waals surface area contributed by atoms with Crippen molar-refractivity contribution in [2.45, 2.75) is 13.8 Å². The molecule has 1 nitrogen and oxygen atoms in total. The van der Waals surface area contributed by atoms with E-state index in [0.717, 1.165) is 5.57 Å². The summed E-state index contributed by atoms with van der Waals surface area (Å²) in [6.45, 7) is 11.0. The average Bonchev–Trinajstić information content (AvgIpc) is 2.04. The second kappa shape index (κ2) is 11.0. The minimum absolute atomic E-state index is 0.0372. The van der Waals surface area contributed by atoms with Gasteiger partial charge < -0.3 is 5.11 Å². The average molecular weight is 140 g/mol. The molecule has 0 rings (SSSR count). The highest BCUT2D eigenvalue weighted by Gasteiger charge is 1.80. The molecule has 0 amide bonds. The summed E-state index contributed by atoms with van der Waals surface area (Å²) in [6.07, 6.45) is 4.93. The van der Waals surface area contributed by atoms with E-state index in [1.807, 2.05) is 13.8 Å². The monoisotopic (exact) mass is 140 g/mol. The number of hydrogen-bond acceptors (Lipinski definition) is 1. The summed E-state index contributed by atoms with van der Waals surface area (Å²) >= 11 is 0. The fraction of sp³-hybridized carbons (Fsp3) is 0.333. The van der Waals surface area contributed by atoms with Crippen LogP contribution in [0.25, 0.3) is 0 Å². The van der Waals surface area contributed by atoms with Gasteiger partial charge in [0.15, 0.2) is 0 Å². The predicted octanol–water partition coefficient (Wildman–Crippen LogP) is 2.30. The van der Waals surface area contributed by atoms with E-state index in [-0.39, 0.29) is 6.61 Å². The van der Waals surface area contributed by atoms with Crippen LogP contribution in [0.4, 0.5) is 0 Å². The first kappa shape index (κ1) is 11.9. The molecule has 0 aliphatic heterocycles. The molecule has 0 aliphatic carbocycles. The lowest BCUT2D eigenvalue weighted by Crippen LogP contribution is -1.82. The van der Waals surface area contributed by atoms with Crippen LogP contribution in [0, 0.1) is 0 Å². The summed E-state index contributed by atoms with van der Waals surface area (Å²) in [7, 11) is 0. The van der Waals surface area contributed by atoms with Crippen LogP contribution >= 0.6 is 0 Å². The molecule has 1 N–H and O–H groups in total. The third kappa shape index (κ3) is 7.18. The van der Waals surface area contributed by atoms with Gasteiger partial charge in [-0.15, -0.1) is 0 Å². The van der Waals surface area contributed by atoms with Crippen LogP contribution in [0.5, 0.6) is 0 Å². The molecule has 0 fully saturated rings. The lowest BCUT2D eigenvalue weighted by atomic mass is 10.2. The summed E-state index contributed by atoms with van der Waals surface area (Å²) in [5.41, 5.74) is 0.792. The Morgan fingerprint density at radius 2 is 1.90 bits per heavy atom. The van der Waals surface area contributed by atoms with Crippen molar-refractivity contribution in [2.24, 2.45) is 0 Å². The second-order valence-corrected chi connectivity index (χ2v) is 1.34. The number of rotatable bonds is 3. The van der Waals surface area contributed by atoms with E-state index < -0.39 is 0 Å². The van der Waals surface area contributed by atoms with Crippen molar-refractivity contribution in [3.05, 3.63) is 37.0 Å². The Hall–Kier alpha value is -0.820. The number of aliphatic hydroxyl groups is 1. The van der Waals surface area contributed by atoms with Gasteiger partial charge in [0.25, 0.3) is 0 Å². The molecule has 1 heteroatoms. The van der Waals surface area contributed by atoms with Gasteiger partial charge in [-0.2, -0.15) is 0 Å². The Morgan fingerprint density at radius 1 is 1.40 bits per heavy atom. The van der Waals surface area contributed by atoms with Crippen LogP contribution < -0.4 is 0 Å². The molecule has 0 heterocycles. The van der Waals surface area contributed by atoms with Crippen LogP contribution in [0.1, 0.15) is 13.8 Å². The van der Waals surface area contributed by atoms with E-state index in [0.29, 0.717) is 0 Å². The van der Waals surface area contributed by atoms with Crippen molar-refractivity contribution in [3.63, 3.8) is 0 Å². The molecule has 10 heavy (non-hydrogen) atoms. The highest BCUT2D eigenvalue weighted by atomic mass is 16.3. The minimum Gasteiger partial charge on any atom is -0.392 e. The highest BCUT2D eigenvalue weighted by Crippen LogP contribution is 1.91. The molecule has 0 aromatic heterocycles. The van der Waals surface area contributed by atoms with Crippen LogP contribution in [-0.4, -0.2) is 11.7 Å². The summed E-state index contributed by atoms with van der Waals surface area (Å²) in [6, 6.07) is 0. The molecule has 0 unspecified atom stereocenters. The van der Waals surface area contributed by atoms with Gasteiger partial charge in [0.2, 0.25) is 0 Å². The Labute approximate surface area is 63.4 Å². The number of allylic oxidation sites excluding steroid dienone is 2. The zero-order valence-corrected chi connectivity index (χ0v) is 6.80. The Morgan fingerprint density at radius 3 is 2.00 bits per heavy atom. The van der Waals surface area contributed by atoms with E-state index in [1.165, 1.54) is 0 Å². The van der Waals surface area contributed by atoms with Gasteiger partial charge in [0.1, 0.15) is 0 Å². The molecule has 0 atom stereocenters. The van der Waals surface area contributed by atoms with Crippen molar-refractivity contribution in [1.29, 1.82) is 0 Å². The highest BCUT2D eigenvalue weighted by molar-refractivity contribution is 5.20. The lowest BCUT2D eigenvalue weighted by molar-refractivity contribution is 0.335. The van der Waals surface area contributed by atoms with Crippen LogP contribution in [0.2, 0.25) is 0 Å². The normalized spacial score (nSPS) is 9.30. The predicted molar refractivity (Wildman–Crippen MR) is 46.9 cm³/mol. The topological polar surface area (TPSA) is 20.2 Å². The first-order valence-corrected chi connectivity index (χ1v) is 3.40. The first-order valence-electron chi connectivity index (χ1n) is 3.40. The summed E-state index contributed by atoms with van der Waals surface area (Å²) in [4.78, 5) is 0. The fourth-order valence-electron chi connectivity index (χ4n) is 0.337. The van der Waals surface area contributed by atoms with Crippen molar-refractivity contribution >= 4 is 0 Å². The van der Waals surface area contributed by atoms with Crippen molar-refractivity contribution < 1.29 is 5.11 Å². The van der Waals surface area contributed by atoms with Crippen molar-refractivity contribution in [3.8, 4) is 0 Å². The maximum atomic E-state index is 8.47. The zero-order valence-electron chi connectivity index (χ0n) is 6.80. The number of hydrogen-bond donors (Lipinski definition) is 1. The van der Waals surface area contributed by atoms with Gasteiger partial charge in [-0.05, 0) is 5.57 Å². The molecule has 0 aromatic carbocycles. The molecule has 0 saturated carbocycles. The van der Waals surface area contributed by atoms with Gasteiger partial charge >= 0.3 is 0 Å². The molecular formula is C9H16O. The molecule has 0 aromatic rings. The Bertz CT molecular complexity index is 112. The third-order valence-corrected chi connectivity index (χ3v) is 0.777. The van der Waals surface area contributed by atoms with E-state index in [9.17, 15) is 0 Å². The third-order valence-electron chi connectivity index (χ3n) is 0.777. The summed E-state index contributed by atoms with van der Waals surface area (Å²) in [5, 5.41) is 8.47. The van der Waals surface area contributed by atoms with E-state index in [4.69, 9.17) is 5.11 Å². The van der Waals surface area contributed by atoms with Gasteiger partial charge in [-0.3, -0.25) is 0 Å². The summed E-state index contributed by atoms with van der Waals surface area (Å²) in [5.74, 6) is 0. The molecule has 0 spiro atoms. The smallest absolute Gasteiger partial charge is 0.0681 e. The maximum absolute atomic E-state index is 8.47. The molecule has 0 saturated heterocycles. The van der Waals surface area contributed by atoms with Gasteiger partial charge in [-0.25, -0.2) is 0 Å². The van der Waals surface area contributed by atoms with Crippen LogP contribution in [-0.2, 0) is 0 Å². The molecule has 58 valence electrons. The van der Waals surface area contributed by atoms with Crippen molar-refractivity contribution in [1.82, 2.24) is 0 Å². The summed E-state index contributed by atoms with van der Waals surface area (Å²) < 4.78 is 0. The molecule has 0 aliphatic rings. The SMILES string of the molecule is C=C/C=C(\C=C)CO.CC. The van der Waals surface area contributed by atoms with E-state index in [1.54, 1.807) is 18.2 Å². The standard InChI is InChI=1S/C7H10O.C2H6/c1-3-5-7(4-2)6-8;1-2/h3-5,8H,1-2,6H2;1-2H3/b7-5+;. The van der Waals surface area contributed by atoms with Crippen LogP contribution in [0.3, 0.4) is 0 Å². The Balaban J connectivity index is 0. The molecular weight excluding hydrogens is 124 g/mol. The maximum Gasteiger partial charge on any atom is 0.0681 e. The zero-order chi connectivity index (χ0) is 8.41. The van der Waals surface area contributed by atoms with Crippen LogP contribution in [0.15, 0.2) is 37.0 Å². The lowest BCUT2D eigenvalue weighted by Gasteiger charge is -1.88. The van der Waals surface area contributed by atoms with Gasteiger partial charge in [0, 0.05) is 0 Å². The van der Waals surface area contributed by atoms with Gasteiger partial charge in [-0.1, -0.05) is 45.2 Å². The second-order valence-electron chi connectivity index (χ2n) is 1.34. The van der Waals surface area contributed by atoms with E-state index in [2.05, 4.69) is 13.2 Å². The van der Waals surface area contributed by atoms with Crippen molar-refractivity contribution in [2.75, 3.05) is 6.61 Å². The fourth-order valence-corrected chi connectivity index (χ4v) is 0.337. The van der Waals surface area contributed by atoms with E-state index >= 15 is 0 Å². The first-order chi connectivity index (χ1) is 4.85. The largest absolute Gasteiger partial charge is 0.392 e. The molecule has 0 bridgehead atoms.